The van der Waals surface area contributed by atoms with E-state index in [4.69, 9.17) is 32.7 Å². The molecule has 0 aliphatic carbocycles. The minimum Gasteiger partial charge on any atom is -0.486 e. The SMILES string of the molecule is CCCCNC(=O)[C@H](C)N(Cc1ccc(Cl)cc1Cl)C(=O)CN(c1ccc(F)cc1)S(=O)(=O)c1ccc2c(c1)OCCO2. The van der Waals surface area contributed by atoms with Crippen LogP contribution in [0, 0.1) is 5.82 Å². The first-order valence-electron chi connectivity index (χ1n) is 13.7. The molecule has 3 aromatic rings. The maximum absolute atomic E-state index is 14.0. The van der Waals surface area contributed by atoms with Crippen LogP contribution in [0.15, 0.2) is 65.6 Å². The largest absolute Gasteiger partial charge is 0.486 e. The molecule has 3 aromatic carbocycles. The molecule has 1 N–H and O–H groups in total. The van der Waals surface area contributed by atoms with E-state index < -0.39 is 40.2 Å². The molecule has 0 radical (unpaired) electrons. The van der Waals surface area contributed by atoms with Gasteiger partial charge in [-0.2, -0.15) is 0 Å². The number of amides is 2. The number of nitrogens with zero attached hydrogens (tertiary/aromatic N) is 2. The summed E-state index contributed by atoms with van der Waals surface area (Å²) >= 11 is 12.5. The van der Waals surface area contributed by atoms with Crippen LogP contribution in [0.2, 0.25) is 10.0 Å². The maximum atomic E-state index is 14.0. The minimum absolute atomic E-state index is 0.0502. The zero-order valence-corrected chi connectivity index (χ0v) is 26.0. The molecule has 0 fully saturated rings. The molecule has 1 aliphatic heterocycles. The molecule has 0 bridgehead atoms. The Morgan fingerprint density at radius 1 is 1.00 bits per heavy atom. The van der Waals surface area contributed by atoms with Crippen LogP contribution < -0.4 is 19.1 Å². The van der Waals surface area contributed by atoms with Crippen molar-refractivity contribution in [3.05, 3.63) is 82.1 Å². The average Bonchev–Trinajstić information content (AvgIpc) is 2.99. The molecule has 43 heavy (non-hydrogen) atoms. The number of carbonyl (C=O) groups is 2. The number of hydrogen-bond acceptors (Lipinski definition) is 6. The molecule has 1 aliphatic rings. The first-order chi connectivity index (χ1) is 20.5. The van der Waals surface area contributed by atoms with Gasteiger partial charge in [0, 0.05) is 29.2 Å². The highest BCUT2D eigenvalue weighted by Crippen LogP contribution is 2.34. The fourth-order valence-corrected chi connectivity index (χ4v) is 6.30. The summed E-state index contributed by atoms with van der Waals surface area (Å²) in [5, 5.41) is 3.49. The van der Waals surface area contributed by atoms with Crippen molar-refractivity contribution in [2.24, 2.45) is 0 Å². The summed E-state index contributed by atoms with van der Waals surface area (Å²) in [5.41, 5.74) is 0.560. The van der Waals surface area contributed by atoms with Crippen molar-refractivity contribution in [2.75, 3.05) is 30.6 Å². The number of rotatable bonds is 12. The summed E-state index contributed by atoms with van der Waals surface area (Å²) in [6.07, 6.45) is 1.61. The monoisotopic (exact) mass is 651 g/mol. The highest BCUT2D eigenvalue weighted by molar-refractivity contribution is 7.92. The smallest absolute Gasteiger partial charge is 0.264 e. The minimum atomic E-state index is -4.40. The average molecular weight is 653 g/mol. The van der Waals surface area contributed by atoms with Gasteiger partial charge in [0.05, 0.1) is 10.6 Å². The quantitative estimate of drug-likeness (QED) is 0.262. The third-order valence-electron chi connectivity index (χ3n) is 6.85. The van der Waals surface area contributed by atoms with E-state index in [1.165, 1.54) is 41.3 Å². The van der Waals surface area contributed by atoms with Gasteiger partial charge in [-0.3, -0.25) is 13.9 Å². The highest BCUT2D eigenvalue weighted by Gasteiger charge is 2.33. The number of unbranched alkanes of at least 4 members (excludes halogenated alkanes) is 1. The van der Waals surface area contributed by atoms with Crippen LogP contribution in [0.1, 0.15) is 32.3 Å². The van der Waals surface area contributed by atoms with Gasteiger partial charge in [-0.25, -0.2) is 12.8 Å². The highest BCUT2D eigenvalue weighted by atomic mass is 35.5. The van der Waals surface area contributed by atoms with Gasteiger partial charge in [0.25, 0.3) is 10.0 Å². The van der Waals surface area contributed by atoms with Crippen LogP contribution in [-0.2, 0) is 26.2 Å². The van der Waals surface area contributed by atoms with Gasteiger partial charge in [0.2, 0.25) is 11.8 Å². The van der Waals surface area contributed by atoms with Gasteiger partial charge in [0.15, 0.2) is 11.5 Å². The van der Waals surface area contributed by atoms with Crippen LogP contribution in [-0.4, -0.2) is 57.5 Å². The van der Waals surface area contributed by atoms with Crippen molar-refractivity contribution in [3.63, 3.8) is 0 Å². The number of fused-ring (bicyclic) bond motifs is 1. The first kappa shape index (κ1) is 32.4. The summed E-state index contributed by atoms with van der Waals surface area (Å²) in [6.45, 7) is 3.74. The van der Waals surface area contributed by atoms with Crippen LogP contribution in [0.3, 0.4) is 0 Å². The molecule has 2 amide bonds. The zero-order chi connectivity index (χ0) is 31.1. The number of benzene rings is 3. The Kier molecular flexibility index (Phi) is 10.8. The number of hydrogen-bond donors (Lipinski definition) is 1. The second kappa shape index (κ2) is 14.3. The van der Waals surface area contributed by atoms with Crippen molar-refractivity contribution in [3.8, 4) is 11.5 Å². The third-order valence-corrected chi connectivity index (χ3v) is 9.20. The van der Waals surface area contributed by atoms with E-state index >= 15 is 0 Å². The Labute approximate surface area is 260 Å². The molecule has 230 valence electrons. The molecule has 0 aromatic heterocycles. The predicted molar refractivity (Wildman–Crippen MR) is 163 cm³/mol. The molecule has 1 atom stereocenters. The van der Waals surface area contributed by atoms with Gasteiger partial charge >= 0.3 is 0 Å². The topological polar surface area (TPSA) is 105 Å². The number of halogens is 3. The van der Waals surface area contributed by atoms with Crippen LogP contribution in [0.5, 0.6) is 11.5 Å². The number of sulfonamides is 1. The summed E-state index contributed by atoms with van der Waals surface area (Å²) in [4.78, 5) is 28.2. The zero-order valence-electron chi connectivity index (χ0n) is 23.7. The number of ether oxygens (including phenoxy) is 2. The van der Waals surface area contributed by atoms with Crippen molar-refractivity contribution in [1.29, 1.82) is 0 Å². The molecule has 4 rings (SSSR count). The molecule has 13 heteroatoms. The first-order valence-corrected chi connectivity index (χ1v) is 15.9. The molecule has 1 heterocycles. The molecular formula is C30H32Cl2FN3O6S. The molecule has 0 unspecified atom stereocenters. The van der Waals surface area contributed by atoms with Crippen LogP contribution in [0.25, 0.3) is 0 Å². The van der Waals surface area contributed by atoms with E-state index in [9.17, 15) is 22.4 Å². The van der Waals surface area contributed by atoms with Crippen LogP contribution in [0.4, 0.5) is 10.1 Å². The van der Waals surface area contributed by atoms with Gasteiger partial charge in [-0.05, 0) is 67.4 Å². The van der Waals surface area contributed by atoms with Crippen molar-refractivity contribution in [1.82, 2.24) is 10.2 Å². The second-order valence-electron chi connectivity index (χ2n) is 9.87. The fourth-order valence-electron chi connectivity index (χ4n) is 4.40. The Balaban J connectivity index is 1.71. The number of carbonyl (C=O) groups excluding carboxylic acids is 2. The van der Waals surface area contributed by atoms with Crippen molar-refractivity contribution in [2.45, 2.75) is 44.2 Å². The molecule has 9 nitrogen and oxygen atoms in total. The van der Waals surface area contributed by atoms with Gasteiger partial charge in [-0.1, -0.05) is 42.6 Å². The molecule has 0 saturated heterocycles. The Hall–Kier alpha value is -3.54. The lowest BCUT2D eigenvalue weighted by molar-refractivity contribution is -0.139. The fraction of sp³-hybridized carbons (Fsp3) is 0.333. The van der Waals surface area contributed by atoms with Gasteiger partial charge in [-0.15, -0.1) is 0 Å². The van der Waals surface area contributed by atoms with Gasteiger partial charge in [0.1, 0.15) is 31.6 Å². The standard InChI is InChI=1S/C30H32Cl2FN3O6S/c1-3-4-13-34-30(38)20(2)35(18-21-5-6-22(31)16-26(21)32)29(37)19-36(24-9-7-23(33)8-10-24)43(39,40)25-11-12-27-28(17-25)42-15-14-41-27/h5-12,16-17,20H,3-4,13-15,18-19H2,1-2H3,(H,34,38)/t20-/m0/s1. The summed E-state index contributed by atoms with van der Waals surface area (Å²) < 4.78 is 53.9. The summed E-state index contributed by atoms with van der Waals surface area (Å²) in [7, 11) is -4.40. The molecule has 0 saturated carbocycles. The number of anilines is 1. The summed E-state index contributed by atoms with van der Waals surface area (Å²) in [5.74, 6) is -1.04. The van der Waals surface area contributed by atoms with E-state index in [2.05, 4.69) is 5.32 Å². The second-order valence-corrected chi connectivity index (χ2v) is 12.6. The normalized spacial score (nSPS) is 13.2. The van der Waals surface area contributed by atoms with Gasteiger partial charge < -0.3 is 19.7 Å². The Morgan fingerprint density at radius 3 is 2.37 bits per heavy atom. The number of nitrogens with one attached hydrogen (secondary N) is 1. The summed E-state index contributed by atoms with van der Waals surface area (Å²) in [6, 6.07) is 12.6. The maximum Gasteiger partial charge on any atom is 0.264 e. The molecular weight excluding hydrogens is 620 g/mol. The Morgan fingerprint density at radius 2 is 1.70 bits per heavy atom. The van der Waals surface area contributed by atoms with E-state index in [-0.39, 0.29) is 34.5 Å². The van der Waals surface area contributed by atoms with E-state index in [1.807, 2.05) is 6.92 Å². The van der Waals surface area contributed by atoms with E-state index in [0.29, 0.717) is 29.5 Å². The third kappa shape index (κ3) is 7.90. The van der Waals surface area contributed by atoms with E-state index in [0.717, 1.165) is 29.3 Å². The predicted octanol–water partition coefficient (Wildman–Crippen LogP) is 5.43. The lowest BCUT2D eigenvalue weighted by Crippen LogP contribution is -2.51. The van der Waals surface area contributed by atoms with E-state index in [1.54, 1.807) is 19.1 Å². The van der Waals surface area contributed by atoms with Crippen LogP contribution >= 0.6 is 23.2 Å². The Bertz CT molecular complexity index is 1570. The van der Waals surface area contributed by atoms with Crippen molar-refractivity contribution < 1.29 is 31.9 Å². The molecule has 0 spiro atoms. The lowest BCUT2D eigenvalue weighted by Gasteiger charge is -2.32. The van der Waals surface area contributed by atoms with Crippen molar-refractivity contribution >= 4 is 50.7 Å². The lowest BCUT2D eigenvalue weighted by atomic mass is 10.1.